The van der Waals surface area contributed by atoms with Crippen LogP contribution in [-0.2, 0) is 4.74 Å². The standard InChI is InChI=1S/C13H14FNO2/c14-9-3-1-8(2-4-9)13-15-11-7-10(16)5-6-12(11)17-13/h1-4,10-12,16H,5-7H2. The van der Waals surface area contributed by atoms with Gasteiger partial charge in [-0.1, -0.05) is 0 Å². The predicted molar refractivity (Wildman–Crippen MR) is 61.5 cm³/mol. The molecule has 1 aliphatic heterocycles. The monoisotopic (exact) mass is 235 g/mol. The van der Waals surface area contributed by atoms with Crippen LogP contribution in [0.4, 0.5) is 4.39 Å². The molecule has 0 spiro atoms. The molecule has 3 rings (SSSR count). The summed E-state index contributed by atoms with van der Waals surface area (Å²) < 4.78 is 18.6. The van der Waals surface area contributed by atoms with E-state index in [-0.39, 0.29) is 24.1 Å². The van der Waals surface area contributed by atoms with Gasteiger partial charge in [-0.3, -0.25) is 0 Å². The quantitative estimate of drug-likeness (QED) is 0.807. The lowest BCUT2D eigenvalue weighted by molar-refractivity contribution is 0.0624. The third-order valence-electron chi connectivity index (χ3n) is 3.36. The molecule has 0 amide bonds. The van der Waals surface area contributed by atoms with Crippen molar-refractivity contribution >= 4 is 5.90 Å². The molecule has 0 radical (unpaired) electrons. The van der Waals surface area contributed by atoms with Gasteiger partial charge in [0.25, 0.3) is 0 Å². The van der Waals surface area contributed by atoms with Crippen molar-refractivity contribution in [2.24, 2.45) is 4.99 Å². The molecule has 1 aromatic rings. The molecule has 90 valence electrons. The van der Waals surface area contributed by atoms with Crippen LogP contribution in [0, 0.1) is 5.82 Å². The van der Waals surface area contributed by atoms with E-state index in [0.29, 0.717) is 12.3 Å². The Bertz CT molecular complexity index is 443. The van der Waals surface area contributed by atoms with Gasteiger partial charge in [0, 0.05) is 5.56 Å². The maximum Gasteiger partial charge on any atom is 0.216 e. The van der Waals surface area contributed by atoms with Crippen molar-refractivity contribution in [3.63, 3.8) is 0 Å². The third-order valence-corrected chi connectivity index (χ3v) is 3.36. The Hall–Kier alpha value is -1.42. The number of fused-ring (bicyclic) bond motifs is 1. The molecule has 1 saturated carbocycles. The first kappa shape index (κ1) is 10.7. The van der Waals surface area contributed by atoms with Gasteiger partial charge in [-0.2, -0.15) is 0 Å². The van der Waals surface area contributed by atoms with Gasteiger partial charge in [0.1, 0.15) is 11.9 Å². The molecule has 17 heavy (non-hydrogen) atoms. The molecule has 1 aromatic carbocycles. The average molecular weight is 235 g/mol. The molecular weight excluding hydrogens is 221 g/mol. The van der Waals surface area contributed by atoms with Gasteiger partial charge in [0.2, 0.25) is 5.90 Å². The van der Waals surface area contributed by atoms with E-state index < -0.39 is 0 Å². The molecule has 0 aromatic heterocycles. The zero-order chi connectivity index (χ0) is 11.8. The molecule has 1 heterocycles. The van der Waals surface area contributed by atoms with Crippen LogP contribution in [0.3, 0.4) is 0 Å². The summed E-state index contributed by atoms with van der Waals surface area (Å²) in [6.45, 7) is 0. The molecule has 1 aliphatic carbocycles. The highest BCUT2D eigenvalue weighted by Crippen LogP contribution is 2.30. The van der Waals surface area contributed by atoms with Gasteiger partial charge in [-0.15, -0.1) is 0 Å². The second kappa shape index (κ2) is 4.11. The number of benzene rings is 1. The largest absolute Gasteiger partial charge is 0.472 e. The first-order valence-electron chi connectivity index (χ1n) is 5.91. The summed E-state index contributed by atoms with van der Waals surface area (Å²) >= 11 is 0. The lowest BCUT2D eigenvalue weighted by Crippen LogP contribution is -2.33. The summed E-state index contributed by atoms with van der Waals surface area (Å²) in [4.78, 5) is 4.47. The van der Waals surface area contributed by atoms with Crippen LogP contribution >= 0.6 is 0 Å². The topological polar surface area (TPSA) is 41.8 Å². The summed E-state index contributed by atoms with van der Waals surface area (Å²) in [5, 5.41) is 9.58. The van der Waals surface area contributed by atoms with Gasteiger partial charge in [0.05, 0.1) is 12.1 Å². The van der Waals surface area contributed by atoms with Crippen LogP contribution in [0.1, 0.15) is 24.8 Å². The molecule has 0 bridgehead atoms. The SMILES string of the molecule is OC1CCC2OC(c3ccc(F)cc3)=NC2C1. The molecule has 2 aliphatic rings. The number of aliphatic hydroxyl groups is 1. The zero-order valence-corrected chi connectivity index (χ0v) is 9.34. The van der Waals surface area contributed by atoms with Crippen molar-refractivity contribution in [1.29, 1.82) is 0 Å². The number of aliphatic hydroxyl groups excluding tert-OH is 1. The maximum absolute atomic E-state index is 12.8. The van der Waals surface area contributed by atoms with Crippen molar-refractivity contribution in [1.82, 2.24) is 0 Å². The number of hydrogen-bond acceptors (Lipinski definition) is 3. The van der Waals surface area contributed by atoms with Crippen LogP contribution in [-0.4, -0.2) is 29.3 Å². The molecule has 0 saturated heterocycles. The molecule has 3 atom stereocenters. The minimum atomic E-state index is -0.267. The molecule has 3 unspecified atom stereocenters. The predicted octanol–water partition coefficient (Wildman–Crippen LogP) is 1.88. The minimum Gasteiger partial charge on any atom is -0.472 e. The number of halogens is 1. The highest BCUT2D eigenvalue weighted by Gasteiger charge is 2.36. The van der Waals surface area contributed by atoms with Gasteiger partial charge in [0.15, 0.2) is 0 Å². The highest BCUT2D eigenvalue weighted by molar-refractivity contribution is 5.95. The summed E-state index contributed by atoms with van der Waals surface area (Å²) in [5.74, 6) is 0.314. The smallest absolute Gasteiger partial charge is 0.216 e. The number of aliphatic imine (C=N–C) groups is 1. The molecule has 3 nitrogen and oxygen atoms in total. The first-order valence-corrected chi connectivity index (χ1v) is 5.91. The Morgan fingerprint density at radius 3 is 2.76 bits per heavy atom. The van der Waals surface area contributed by atoms with Crippen LogP contribution in [0.15, 0.2) is 29.3 Å². The lowest BCUT2D eigenvalue weighted by atomic mass is 9.91. The van der Waals surface area contributed by atoms with Crippen LogP contribution in [0.25, 0.3) is 0 Å². The number of ether oxygens (including phenoxy) is 1. The van der Waals surface area contributed by atoms with E-state index in [0.717, 1.165) is 18.4 Å². The summed E-state index contributed by atoms with van der Waals surface area (Å²) in [7, 11) is 0. The lowest BCUT2D eigenvalue weighted by Gasteiger charge is -2.25. The van der Waals surface area contributed by atoms with Crippen LogP contribution in [0.5, 0.6) is 0 Å². The van der Waals surface area contributed by atoms with Crippen LogP contribution < -0.4 is 0 Å². The Balaban J connectivity index is 1.81. The van der Waals surface area contributed by atoms with Gasteiger partial charge in [-0.05, 0) is 43.5 Å². The van der Waals surface area contributed by atoms with Crippen molar-refractivity contribution in [2.75, 3.05) is 0 Å². The molecule has 1 N–H and O–H groups in total. The Morgan fingerprint density at radius 1 is 1.24 bits per heavy atom. The van der Waals surface area contributed by atoms with Crippen molar-refractivity contribution in [3.8, 4) is 0 Å². The Kier molecular flexibility index (Phi) is 2.59. The Morgan fingerprint density at radius 2 is 2.00 bits per heavy atom. The summed E-state index contributed by atoms with van der Waals surface area (Å²) in [6.07, 6.45) is 2.08. The molecule has 4 heteroatoms. The van der Waals surface area contributed by atoms with Crippen molar-refractivity contribution in [3.05, 3.63) is 35.6 Å². The zero-order valence-electron chi connectivity index (χ0n) is 9.34. The number of hydrogen-bond donors (Lipinski definition) is 1. The van der Waals surface area contributed by atoms with Gasteiger partial charge in [-0.25, -0.2) is 9.38 Å². The Labute approximate surface area is 98.9 Å². The second-order valence-electron chi connectivity index (χ2n) is 4.63. The van der Waals surface area contributed by atoms with E-state index in [1.807, 2.05) is 0 Å². The van der Waals surface area contributed by atoms with E-state index in [9.17, 15) is 9.50 Å². The number of rotatable bonds is 1. The first-order chi connectivity index (χ1) is 8.22. The minimum absolute atomic E-state index is 0.0544. The third kappa shape index (κ3) is 2.05. The maximum atomic E-state index is 12.8. The normalized spacial score (nSPS) is 31.6. The second-order valence-corrected chi connectivity index (χ2v) is 4.63. The van der Waals surface area contributed by atoms with E-state index in [4.69, 9.17) is 4.74 Å². The average Bonchev–Trinajstić information content (AvgIpc) is 2.72. The fraction of sp³-hybridized carbons (Fsp3) is 0.462. The summed E-state index contributed by atoms with van der Waals surface area (Å²) in [6, 6.07) is 6.19. The van der Waals surface area contributed by atoms with E-state index >= 15 is 0 Å². The van der Waals surface area contributed by atoms with E-state index in [1.54, 1.807) is 12.1 Å². The van der Waals surface area contributed by atoms with Crippen molar-refractivity contribution in [2.45, 2.75) is 37.5 Å². The molecule has 1 fully saturated rings. The fourth-order valence-corrected chi connectivity index (χ4v) is 2.43. The fourth-order valence-electron chi connectivity index (χ4n) is 2.43. The van der Waals surface area contributed by atoms with E-state index in [1.165, 1.54) is 12.1 Å². The number of nitrogens with zero attached hydrogens (tertiary/aromatic N) is 1. The van der Waals surface area contributed by atoms with E-state index in [2.05, 4.69) is 4.99 Å². The van der Waals surface area contributed by atoms with Gasteiger partial charge < -0.3 is 9.84 Å². The molecular formula is C13H14FNO2. The highest BCUT2D eigenvalue weighted by atomic mass is 19.1. The summed E-state index contributed by atoms with van der Waals surface area (Å²) in [5.41, 5.74) is 0.801. The van der Waals surface area contributed by atoms with Crippen LogP contribution in [0.2, 0.25) is 0 Å². The van der Waals surface area contributed by atoms with Gasteiger partial charge >= 0.3 is 0 Å². The van der Waals surface area contributed by atoms with Crippen molar-refractivity contribution < 1.29 is 14.2 Å².